The van der Waals surface area contributed by atoms with Gasteiger partial charge >= 0.3 is 0 Å². The van der Waals surface area contributed by atoms with Crippen molar-refractivity contribution in [3.63, 3.8) is 0 Å². The monoisotopic (exact) mass is 252 g/mol. The van der Waals surface area contributed by atoms with Crippen molar-refractivity contribution >= 4 is 23.1 Å². The maximum Gasteiger partial charge on any atom is 0.233 e. The van der Waals surface area contributed by atoms with Crippen molar-refractivity contribution in [2.24, 2.45) is 11.1 Å². The summed E-state index contributed by atoms with van der Waals surface area (Å²) in [5.41, 5.74) is 5.07. The highest BCUT2D eigenvalue weighted by Gasteiger charge is 2.46. The second kappa shape index (κ2) is 4.87. The largest absolute Gasteiger partial charge is 0.469 e. The molecule has 92 valence electrons. The SMILES string of the molecule is NC(=S)C1(C(=O)NCCc2ccco2)CCC1. The van der Waals surface area contributed by atoms with Crippen LogP contribution in [-0.2, 0) is 11.2 Å². The molecule has 1 heterocycles. The number of hydrogen-bond acceptors (Lipinski definition) is 3. The Kier molecular flexibility index (Phi) is 3.47. The minimum Gasteiger partial charge on any atom is -0.469 e. The van der Waals surface area contributed by atoms with E-state index in [0.717, 1.165) is 25.0 Å². The topological polar surface area (TPSA) is 68.3 Å². The Labute approximate surface area is 106 Å². The summed E-state index contributed by atoms with van der Waals surface area (Å²) in [6.45, 7) is 0.552. The lowest BCUT2D eigenvalue weighted by molar-refractivity contribution is -0.130. The highest BCUT2D eigenvalue weighted by atomic mass is 32.1. The Bertz CT molecular complexity index is 410. The first-order valence-corrected chi connectivity index (χ1v) is 6.16. The van der Waals surface area contributed by atoms with E-state index >= 15 is 0 Å². The number of carbonyl (C=O) groups is 1. The van der Waals surface area contributed by atoms with Gasteiger partial charge in [-0.25, -0.2) is 0 Å². The molecule has 2 rings (SSSR count). The molecule has 1 aromatic rings. The fourth-order valence-electron chi connectivity index (χ4n) is 2.04. The number of hydrogen-bond donors (Lipinski definition) is 2. The van der Waals surface area contributed by atoms with Gasteiger partial charge in [-0.2, -0.15) is 0 Å². The average Bonchev–Trinajstić information content (AvgIpc) is 2.67. The first-order chi connectivity index (χ1) is 8.15. The van der Waals surface area contributed by atoms with E-state index < -0.39 is 5.41 Å². The third-order valence-electron chi connectivity index (χ3n) is 3.35. The highest BCUT2D eigenvalue weighted by molar-refractivity contribution is 7.80. The first-order valence-electron chi connectivity index (χ1n) is 5.76. The number of amides is 1. The number of nitrogens with two attached hydrogens (primary N) is 1. The van der Waals surface area contributed by atoms with Crippen LogP contribution in [-0.4, -0.2) is 17.4 Å². The Morgan fingerprint density at radius 3 is 2.82 bits per heavy atom. The van der Waals surface area contributed by atoms with Gasteiger partial charge in [0.05, 0.1) is 16.7 Å². The maximum atomic E-state index is 12.0. The van der Waals surface area contributed by atoms with E-state index in [0.29, 0.717) is 18.0 Å². The lowest BCUT2D eigenvalue weighted by Crippen LogP contribution is -2.53. The van der Waals surface area contributed by atoms with Crippen LogP contribution in [0.25, 0.3) is 0 Å². The third kappa shape index (κ3) is 2.34. The van der Waals surface area contributed by atoms with Crippen molar-refractivity contribution < 1.29 is 9.21 Å². The molecule has 1 aliphatic carbocycles. The molecule has 0 atom stereocenters. The lowest BCUT2D eigenvalue weighted by atomic mass is 9.68. The smallest absolute Gasteiger partial charge is 0.233 e. The molecule has 1 fully saturated rings. The van der Waals surface area contributed by atoms with Crippen LogP contribution >= 0.6 is 12.2 Å². The van der Waals surface area contributed by atoms with E-state index in [1.165, 1.54) is 0 Å². The summed E-state index contributed by atoms with van der Waals surface area (Å²) in [4.78, 5) is 12.3. The number of carbonyl (C=O) groups excluding carboxylic acids is 1. The standard InChI is InChI=1S/C12H16N2O2S/c13-10(17)12(5-2-6-12)11(15)14-7-4-9-3-1-8-16-9/h1,3,8H,2,4-7H2,(H2,13,17)(H,14,15). The summed E-state index contributed by atoms with van der Waals surface area (Å²) in [6, 6.07) is 3.72. The Balaban J connectivity index is 1.83. The average molecular weight is 252 g/mol. The molecular formula is C12H16N2O2S. The molecule has 1 saturated carbocycles. The van der Waals surface area contributed by atoms with Crippen LogP contribution in [0.1, 0.15) is 25.0 Å². The van der Waals surface area contributed by atoms with Gasteiger partial charge in [-0.1, -0.05) is 18.6 Å². The fraction of sp³-hybridized carbons (Fsp3) is 0.500. The molecule has 0 saturated heterocycles. The van der Waals surface area contributed by atoms with Gasteiger partial charge in [-0.15, -0.1) is 0 Å². The van der Waals surface area contributed by atoms with Gasteiger partial charge in [0, 0.05) is 13.0 Å². The minimum absolute atomic E-state index is 0.0391. The molecule has 5 heteroatoms. The van der Waals surface area contributed by atoms with E-state index in [4.69, 9.17) is 22.4 Å². The molecule has 0 aliphatic heterocycles. The Hall–Kier alpha value is -1.36. The van der Waals surface area contributed by atoms with Gasteiger partial charge in [0.1, 0.15) is 5.76 Å². The predicted octanol–water partition coefficient (Wildman–Crippen LogP) is 1.39. The molecule has 0 spiro atoms. The number of rotatable bonds is 5. The van der Waals surface area contributed by atoms with Gasteiger partial charge in [0.2, 0.25) is 5.91 Å². The van der Waals surface area contributed by atoms with Gasteiger partial charge in [0.15, 0.2) is 0 Å². The van der Waals surface area contributed by atoms with E-state index in [-0.39, 0.29) is 5.91 Å². The highest BCUT2D eigenvalue weighted by Crippen LogP contribution is 2.41. The van der Waals surface area contributed by atoms with Crippen molar-refractivity contribution in [2.75, 3.05) is 6.54 Å². The zero-order chi connectivity index (χ0) is 12.3. The van der Waals surface area contributed by atoms with Crippen LogP contribution in [0.3, 0.4) is 0 Å². The Morgan fingerprint density at radius 2 is 2.35 bits per heavy atom. The lowest BCUT2D eigenvalue weighted by Gasteiger charge is -2.39. The third-order valence-corrected chi connectivity index (χ3v) is 3.74. The quantitative estimate of drug-likeness (QED) is 0.777. The minimum atomic E-state index is -0.585. The molecule has 0 bridgehead atoms. The van der Waals surface area contributed by atoms with E-state index in [2.05, 4.69) is 5.32 Å². The van der Waals surface area contributed by atoms with Crippen LogP contribution in [0.5, 0.6) is 0 Å². The maximum absolute atomic E-state index is 12.0. The number of furan rings is 1. The molecule has 0 aromatic carbocycles. The van der Waals surface area contributed by atoms with Gasteiger partial charge < -0.3 is 15.5 Å². The van der Waals surface area contributed by atoms with Crippen molar-refractivity contribution in [2.45, 2.75) is 25.7 Å². The normalized spacial score (nSPS) is 17.2. The molecule has 3 N–H and O–H groups in total. The zero-order valence-corrected chi connectivity index (χ0v) is 10.4. The zero-order valence-electron chi connectivity index (χ0n) is 9.57. The van der Waals surface area contributed by atoms with Gasteiger partial charge in [-0.05, 0) is 25.0 Å². The van der Waals surface area contributed by atoms with Crippen LogP contribution in [0, 0.1) is 5.41 Å². The van der Waals surface area contributed by atoms with Gasteiger partial charge in [-0.3, -0.25) is 4.79 Å². The molecule has 0 unspecified atom stereocenters. The number of thiocarbonyl (C=S) groups is 1. The van der Waals surface area contributed by atoms with Crippen molar-refractivity contribution in [3.8, 4) is 0 Å². The summed E-state index contributed by atoms with van der Waals surface area (Å²) in [5, 5.41) is 2.88. The van der Waals surface area contributed by atoms with Crippen molar-refractivity contribution in [1.82, 2.24) is 5.32 Å². The molecule has 1 aliphatic rings. The summed E-state index contributed by atoms with van der Waals surface area (Å²) < 4.78 is 5.19. The molecule has 1 aromatic heterocycles. The van der Waals surface area contributed by atoms with Crippen molar-refractivity contribution in [3.05, 3.63) is 24.2 Å². The molecule has 4 nitrogen and oxygen atoms in total. The summed E-state index contributed by atoms with van der Waals surface area (Å²) in [6.07, 6.45) is 4.87. The van der Waals surface area contributed by atoms with Crippen molar-refractivity contribution in [1.29, 1.82) is 0 Å². The first kappa shape index (κ1) is 12.1. The molecule has 1 amide bonds. The van der Waals surface area contributed by atoms with Crippen LogP contribution in [0.15, 0.2) is 22.8 Å². The van der Waals surface area contributed by atoms with Crippen LogP contribution in [0.4, 0.5) is 0 Å². The van der Waals surface area contributed by atoms with E-state index in [9.17, 15) is 4.79 Å². The number of nitrogens with one attached hydrogen (secondary N) is 1. The summed E-state index contributed by atoms with van der Waals surface area (Å²) in [7, 11) is 0. The van der Waals surface area contributed by atoms with Crippen LogP contribution in [0.2, 0.25) is 0 Å². The summed E-state index contributed by atoms with van der Waals surface area (Å²) in [5.74, 6) is 0.825. The Morgan fingerprint density at radius 1 is 1.59 bits per heavy atom. The predicted molar refractivity (Wildman–Crippen MR) is 68.5 cm³/mol. The van der Waals surface area contributed by atoms with E-state index in [1.54, 1.807) is 6.26 Å². The van der Waals surface area contributed by atoms with E-state index in [1.807, 2.05) is 12.1 Å². The second-order valence-corrected chi connectivity index (χ2v) is 4.83. The molecule has 17 heavy (non-hydrogen) atoms. The van der Waals surface area contributed by atoms with Crippen LogP contribution < -0.4 is 11.1 Å². The molecular weight excluding hydrogens is 236 g/mol. The van der Waals surface area contributed by atoms with Gasteiger partial charge in [0.25, 0.3) is 0 Å². The second-order valence-electron chi connectivity index (χ2n) is 4.39. The fourth-order valence-corrected chi connectivity index (χ4v) is 2.34. The molecule has 0 radical (unpaired) electrons. The summed E-state index contributed by atoms with van der Waals surface area (Å²) >= 11 is 4.99.